The van der Waals surface area contributed by atoms with E-state index in [2.05, 4.69) is 4.98 Å². The number of carbonyl (C=O) groups is 1. The van der Waals surface area contributed by atoms with Crippen molar-refractivity contribution in [1.29, 1.82) is 0 Å². The summed E-state index contributed by atoms with van der Waals surface area (Å²) >= 11 is 0. The maximum absolute atomic E-state index is 12.6. The highest BCUT2D eigenvalue weighted by Crippen LogP contribution is 2.37. The van der Waals surface area contributed by atoms with E-state index in [-0.39, 0.29) is 18.2 Å². The van der Waals surface area contributed by atoms with Gasteiger partial charge in [0, 0.05) is 12.0 Å². The second-order valence-electron chi connectivity index (χ2n) is 7.80. The van der Waals surface area contributed by atoms with Crippen molar-refractivity contribution < 1.29 is 37.0 Å². The molecule has 1 aliphatic carbocycles. The number of hydrogen-bond acceptors (Lipinski definition) is 5. The lowest BCUT2D eigenvalue weighted by Gasteiger charge is -2.11. The van der Waals surface area contributed by atoms with Crippen LogP contribution in [0.1, 0.15) is 42.0 Å². The van der Waals surface area contributed by atoms with Gasteiger partial charge in [0.15, 0.2) is 5.69 Å². The van der Waals surface area contributed by atoms with Gasteiger partial charge in [-0.1, -0.05) is 6.07 Å². The van der Waals surface area contributed by atoms with Gasteiger partial charge in [-0.15, -0.1) is 0 Å². The summed E-state index contributed by atoms with van der Waals surface area (Å²) in [7, 11) is 0. The molecular weight excluding hydrogens is 439 g/mol. The molecule has 1 N–H and O–H groups in total. The number of hydrogen-bond donors (Lipinski definition) is 1. The highest BCUT2D eigenvalue weighted by atomic mass is 19.4. The fraction of sp³-hybridized carbons (Fsp3) is 0.333. The van der Waals surface area contributed by atoms with Crippen molar-refractivity contribution in [2.45, 2.75) is 37.8 Å². The lowest BCUT2D eigenvalue weighted by atomic mass is 9.98. The lowest BCUT2D eigenvalue weighted by molar-refractivity contribution is -0.141. The predicted octanol–water partition coefficient (Wildman–Crippen LogP) is 5.71. The zero-order chi connectivity index (χ0) is 23.4. The minimum atomic E-state index is -4.55. The van der Waals surface area contributed by atoms with Crippen molar-refractivity contribution >= 4 is 5.97 Å². The zero-order valence-electron chi connectivity index (χ0n) is 17.6. The van der Waals surface area contributed by atoms with Crippen LogP contribution in [0, 0.1) is 0 Å². The van der Waals surface area contributed by atoms with E-state index < -0.39 is 17.8 Å². The number of nitrogens with zero attached hydrogens (tertiary/aromatic N) is 1. The van der Waals surface area contributed by atoms with Crippen LogP contribution in [0.2, 0.25) is 0 Å². The molecule has 1 atom stereocenters. The summed E-state index contributed by atoms with van der Waals surface area (Å²) in [4.78, 5) is 14.4. The van der Waals surface area contributed by atoms with E-state index in [1.54, 1.807) is 24.3 Å². The molecule has 9 heteroatoms. The number of oxazole rings is 1. The SMILES string of the molecule is O=C(O)C[C@@H]1CCc2cc(OCCCOc3ccc(-c4nc(C(F)(F)F)co4)cc3)ccc21. The molecule has 0 spiro atoms. The van der Waals surface area contributed by atoms with Crippen LogP contribution < -0.4 is 9.47 Å². The Labute approximate surface area is 188 Å². The molecule has 0 radical (unpaired) electrons. The highest BCUT2D eigenvalue weighted by molar-refractivity contribution is 5.68. The Balaban J connectivity index is 1.21. The van der Waals surface area contributed by atoms with E-state index >= 15 is 0 Å². The van der Waals surface area contributed by atoms with Crippen molar-refractivity contribution in [2.24, 2.45) is 0 Å². The lowest BCUT2D eigenvalue weighted by Crippen LogP contribution is -2.05. The zero-order valence-corrected chi connectivity index (χ0v) is 17.6. The van der Waals surface area contributed by atoms with E-state index in [4.69, 9.17) is 19.0 Å². The number of ether oxygens (including phenoxy) is 2. The van der Waals surface area contributed by atoms with E-state index in [0.717, 1.165) is 29.7 Å². The molecule has 2 aromatic carbocycles. The molecule has 33 heavy (non-hydrogen) atoms. The molecule has 0 aliphatic heterocycles. The molecule has 1 aromatic heterocycles. The Kier molecular flexibility index (Phi) is 6.57. The van der Waals surface area contributed by atoms with Crippen molar-refractivity contribution in [2.75, 3.05) is 13.2 Å². The van der Waals surface area contributed by atoms with Gasteiger partial charge in [-0.25, -0.2) is 4.98 Å². The van der Waals surface area contributed by atoms with Gasteiger partial charge in [0.1, 0.15) is 17.8 Å². The summed E-state index contributed by atoms with van der Waals surface area (Å²) in [6.07, 6.45) is -1.47. The van der Waals surface area contributed by atoms with Gasteiger partial charge in [0.2, 0.25) is 5.89 Å². The van der Waals surface area contributed by atoms with Crippen LogP contribution in [-0.2, 0) is 17.4 Å². The Hall–Kier alpha value is -3.49. The van der Waals surface area contributed by atoms with Crippen LogP contribution >= 0.6 is 0 Å². The maximum Gasteiger partial charge on any atom is 0.436 e. The Morgan fingerprint density at radius 2 is 1.79 bits per heavy atom. The standard InChI is InChI=1S/C24H22F3NO5/c25-24(26,27)21-14-33-23(28-21)15-4-6-18(7-5-15)31-10-1-11-32-19-8-9-20-16(12-19)2-3-17(20)13-22(29)30/h4-9,12,14,17H,1-3,10-11,13H2,(H,29,30)/t17-/m0/s1. The van der Waals surface area contributed by atoms with E-state index in [9.17, 15) is 18.0 Å². The predicted molar refractivity (Wildman–Crippen MR) is 112 cm³/mol. The molecular formula is C24H22F3NO5. The van der Waals surface area contributed by atoms with Crippen LogP contribution in [0.4, 0.5) is 13.2 Å². The van der Waals surface area contributed by atoms with Crippen molar-refractivity contribution in [3.63, 3.8) is 0 Å². The summed E-state index contributed by atoms with van der Waals surface area (Å²) in [6.45, 7) is 0.855. The number of rotatable bonds is 9. The molecule has 6 nitrogen and oxygen atoms in total. The molecule has 0 unspecified atom stereocenters. The second-order valence-corrected chi connectivity index (χ2v) is 7.80. The molecule has 0 amide bonds. The maximum atomic E-state index is 12.6. The minimum Gasteiger partial charge on any atom is -0.493 e. The third-order valence-corrected chi connectivity index (χ3v) is 5.46. The second kappa shape index (κ2) is 9.56. The molecule has 0 fully saturated rings. The molecule has 174 valence electrons. The smallest absolute Gasteiger partial charge is 0.436 e. The average molecular weight is 461 g/mol. The number of benzene rings is 2. The topological polar surface area (TPSA) is 81.8 Å². The minimum absolute atomic E-state index is 0.0709. The van der Waals surface area contributed by atoms with Crippen LogP contribution in [-0.4, -0.2) is 29.3 Å². The number of aryl methyl sites for hydroxylation is 1. The van der Waals surface area contributed by atoms with Gasteiger partial charge in [-0.05, 0) is 66.3 Å². The van der Waals surface area contributed by atoms with Gasteiger partial charge >= 0.3 is 12.1 Å². The third-order valence-electron chi connectivity index (χ3n) is 5.46. The number of fused-ring (bicyclic) bond motifs is 1. The normalized spacial score (nSPS) is 15.3. The van der Waals surface area contributed by atoms with E-state index in [0.29, 0.717) is 37.2 Å². The summed E-state index contributed by atoms with van der Waals surface area (Å²) < 4.78 is 54.2. The molecule has 0 bridgehead atoms. The number of alkyl halides is 3. The van der Waals surface area contributed by atoms with E-state index in [1.165, 1.54) is 0 Å². The van der Waals surface area contributed by atoms with Crippen LogP contribution in [0.25, 0.3) is 11.5 Å². The van der Waals surface area contributed by atoms with E-state index in [1.807, 2.05) is 18.2 Å². The van der Waals surface area contributed by atoms with Crippen molar-refractivity contribution in [3.8, 4) is 23.0 Å². The van der Waals surface area contributed by atoms with Gasteiger partial charge in [0.05, 0.1) is 19.6 Å². The molecule has 1 aliphatic rings. The third kappa shape index (κ3) is 5.66. The first-order chi connectivity index (χ1) is 15.8. The molecule has 0 saturated heterocycles. The average Bonchev–Trinajstić information content (AvgIpc) is 3.41. The summed E-state index contributed by atoms with van der Waals surface area (Å²) in [5, 5.41) is 9.02. The first kappa shape index (κ1) is 22.7. The number of carboxylic acids is 1. The molecule has 4 rings (SSSR count). The summed E-state index contributed by atoms with van der Waals surface area (Å²) in [6, 6.07) is 12.2. The fourth-order valence-electron chi connectivity index (χ4n) is 3.86. The first-order valence-electron chi connectivity index (χ1n) is 10.5. The highest BCUT2D eigenvalue weighted by Gasteiger charge is 2.34. The number of aromatic nitrogens is 1. The van der Waals surface area contributed by atoms with Crippen LogP contribution in [0.5, 0.6) is 11.5 Å². The number of halogens is 3. The monoisotopic (exact) mass is 461 g/mol. The summed E-state index contributed by atoms with van der Waals surface area (Å²) in [5.74, 6) is 0.505. The number of carboxylic acid groups (broad SMARTS) is 1. The van der Waals surface area contributed by atoms with Gasteiger partial charge in [-0.3, -0.25) is 4.79 Å². The fourth-order valence-corrected chi connectivity index (χ4v) is 3.86. The number of aliphatic carboxylic acids is 1. The van der Waals surface area contributed by atoms with Crippen molar-refractivity contribution in [1.82, 2.24) is 4.98 Å². The Morgan fingerprint density at radius 1 is 1.09 bits per heavy atom. The Morgan fingerprint density at radius 3 is 2.45 bits per heavy atom. The Bertz CT molecular complexity index is 1110. The summed E-state index contributed by atoms with van der Waals surface area (Å²) in [5.41, 5.74) is 1.59. The molecule has 1 heterocycles. The quantitative estimate of drug-likeness (QED) is 0.411. The van der Waals surface area contributed by atoms with Crippen LogP contribution in [0.3, 0.4) is 0 Å². The first-order valence-corrected chi connectivity index (χ1v) is 10.5. The van der Waals surface area contributed by atoms with Crippen LogP contribution in [0.15, 0.2) is 53.1 Å². The molecule has 0 saturated carbocycles. The largest absolute Gasteiger partial charge is 0.493 e. The van der Waals surface area contributed by atoms with Gasteiger partial charge in [0.25, 0.3) is 0 Å². The van der Waals surface area contributed by atoms with Gasteiger partial charge in [-0.2, -0.15) is 13.2 Å². The van der Waals surface area contributed by atoms with Crippen molar-refractivity contribution in [3.05, 3.63) is 65.5 Å². The molecule has 3 aromatic rings. The van der Waals surface area contributed by atoms with Gasteiger partial charge < -0.3 is 19.0 Å².